The molecular formula is C17H19BrN4O2. The third-order valence-electron chi connectivity index (χ3n) is 3.95. The molecule has 0 unspecified atom stereocenters. The number of carbonyl (C=O) groups excluding carboxylic acids is 1. The Bertz CT molecular complexity index is 781. The summed E-state index contributed by atoms with van der Waals surface area (Å²) in [6.45, 7) is 4.40. The van der Waals surface area contributed by atoms with Crippen LogP contribution < -0.4 is 20.8 Å². The summed E-state index contributed by atoms with van der Waals surface area (Å²) < 4.78 is 7.00. The molecule has 2 aromatic carbocycles. The summed E-state index contributed by atoms with van der Waals surface area (Å²) in [6, 6.07) is 11.5. The van der Waals surface area contributed by atoms with Crippen molar-refractivity contribution in [3.8, 4) is 5.75 Å². The van der Waals surface area contributed by atoms with E-state index < -0.39 is 0 Å². The number of benzene rings is 2. The van der Waals surface area contributed by atoms with Crippen molar-refractivity contribution in [3.05, 3.63) is 57.6 Å². The van der Waals surface area contributed by atoms with Gasteiger partial charge in [0.1, 0.15) is 12.4 Å². The van der Waals surface area contributed by atoms with Gasteiger partial charge in [0, 0.05) is 17.1 Å². The van der Waals surface area contributed by atoms with Crippen LogP contribution in [-0.2, 0) is 6.61 Å². The Morgan fingerprint density at radius 3 is 2.58 bits per heavy atom. The van der Waals surface area contributed by atoms with E-state index in [1.54, 1.807) is 7.05 Å². The quantitative estimate of drug-likeness (QED) is 0.839. The third-order valence-corrected chi connectivity index (χ3v) is 4.84. The van der Waals surface area contributed by atoms with Crippen molar-refractivity contribution in [2.75, 3.05) is 12.1 Å². The lowest BCUT2D eigenvalue weighted by Crippen LogP contribution is -2.38. The molecule has 0 aliphatic carbocycles. The summed E-state index contributed by atoms with van der Waals surface area (Å²) in [7, 11) is 1.66. The molecule has 1 heterocycles. The molecule has 3 rings (SSSR count). The van der Waals surface area contributed by atoms with Gasteiger partial charge in [-0.1, -0.05) is 28.1 Å². The van der Waals surface area contributed by atoms with E-state index in [-0.39, 0.29) is 6.03 Å². The zero-order valence-corrected chi connectivity index (χ0v) is 15.3. The molecule has 2 aromatic rings. The van der Waals surface area contributed by atoms with Gasteiger partial charge in [0.05, 0.1) is 5.69 Å². The largest absolute Gasteiger partial charge is 0.489 e. The average Bonchev–Trinajstić information content (AvgIpc) is 2.89. The van der Waals surface area contributed by atoms with Crippen molar-refractivity contribution in [3.63, 3.8) is 0 Å². The van der Waals surface area contributed by atoms with Crippen LogP contribution in [0.25, 0.3) is 0 Å². The number of hydrazine groups is 3. The summed E-state index contributed by atoms with van der Waals surface area (Å²) in [5.41, 5.74) is 9.51. The molecule has 126 valence electrons. The predicted octanol–water partition coefficient (Wildman–Crippen LogP) is 3.44. The van der Waals surface area contributed by atoms with Gasteiger partial charge in [-0.2, -0.15) is 0 Å². The zero-order chi connectivity index (χ0) is 17.3. The maximum atomic E-state index is 12.2. The van der Waals surface area contributed by atoms with Crippen molar-refractivity contribution >= 4 is 27.6 Å². The molecule has 0 bridgehead atoms. The van der Waals surface area contributed by atoms with Gasteiger partial charge in [-0.3, -0.25) is 0 Å². The monoisotopic (exact) mass is 390 g/mol. The fourth-order valence-corrected chi connectivity index (χ4v) is 2.73. The van der Waals surface area contributed by atoms with Crippen LogP contribution in [0.1, 0.15) is 16.7 Å². The molecule has 7 heteroatoms. The Balaban J connectivity index is 1.85. The molecule has 0 aromatic heterocycles. The van der Waals surface area contributed by atoms with Crippen molar-refractivity contribution in [2.45, 2.75) is 20.5 Å². The van der Waals surface area contributed by atoms with E-state index in [4.69, 9.17) is 4.74 Å². The van der Waals surface area contributed by atoms with Crippen molar-refractivity contribution in [1.29, 1.82) is 0 Å². The molecule has 0 spiro atoms. The fourth-order valence-electron chi connectivity index (χ4n) is 2.48. The van der Waals surface area contributed by atoms with E-state index in [1.807, 2.05) is 50.2 Å². The maximum Gasteiger partial charge on any atom is 0.355 e. The summed E-state index contributed by atoms with van der Waals surface area (Å²) in [5.74, 6) is 0.792. The number of urea groups is 1. The lowest BCUT2D eigenvalue weighted by molar-refractivity contribution is 0.214. The molecule has 1 saturated heterocycles. The van der Waals surface area contributed by atoms with E-state index in [0.29, 0.717) is 6.61 Å². The van der Waals surface area contributed by atoms with Crippen LogP contribution in [0, 0.1) is 13.8 Å². The molecule has 24 heavy (non-hydrogen) atoms. The van der Waals surface area contributed by atoms with Crippen LogP contribution in [0.3, 0.4) is 0 Å². The predicted molar refractivity (Wildman–Crippen MR) is 96.3 cm³/mol. The maximum absolute atomic E-state index is 12.2. The standard InChI is InChI=1S/C17H19BrN4O2/c1-11-5-4-6-16(22-17(23)21(3)19-20-22)14(11)10-24-13-7-8-15(18)12(2)9-13/h4-9,19-20H,10H2,1-3H3. The number of anilines is 1. The number of nitrogens with zero attached hydrogens (tertiary/aromatic N) is 2. The number of aryl methyl sites for hydroxylation is 2. The minimum Gasteiger partial charge on any atom is -0.489 e. The minimum absolute atomic E-state index is 0.179. The van der Waals surface area contributed by atoms with Gasteiger partial charge in [-0.05, 0) is 49.2 Å². The molecule has 0 radical (unpaired) electrons. The van der Waals surface area contributed by atoms with Gasteiger partial charge >= 0.3 is 6.03 Å². The van der Waals surface area contributed by atoms with Gasteiger partial charge < -0.3 is 4.74 Å². The zero-order valence-electron chi connectivity index (χ0n) is 13.8. The van der Waals surface area contributed by atoms with Gasteiger partial charge in [-0.15, -0.1) is 11.1 Å². The molecule has 0 saturated carbocycles. The normalized spacial score (nSPS) is 14.4. The van der Waals surface area contributed by atoms with Crippen LogP contribution in [0.5, 0.6) is 5.75 Å². The van der Waals surface area contributed by atoms with E-state index in [9.17, 15) is 4.79 Å². The van der Waals surface area contributed by atoms with Gasteiger partial charge in [0.15, 0.2) is 0 Å². The smallest absolute Gasteiger partial charge is 0.355 e. The first-order chi connectivity index (χ1) is 11.5. The second kappa shape index (κ2) is 6.80. The second-order valence-electron chi connectivity index (χ2n) is 5.67. The lowest BCUT2D eigenvalue weighted by Gasteiger charge is -2.20. The van der Waals surface area contributed by atoms with Crippen LogP contribution in [-0.4, -0.2) is 18.1 Å². The number of ether oxygens (including phenoxy) is 1. The molecular weight excluding hydrogens is 372 g/mol. The molecule has 1 aliphatic heterocycles. The molecule has 6 nitrogen and oxygen atoms in total. The first kappa shape index (κ1) is 16.8. The van der Waals surface area contributed by atoms with E-state index in [0.717, 1.165) is 32.6 Å². The Morgan fingerprint density at radius 1 is 1.12 bits per heavy atom. The van der Waals surface area contributed by atoms with Gasteiger partial charge in [0.2, 0.25) is 0 Å². The van der Waals surface area contributed by atoms with Crippen molar-refractivity contribution in [1.82, 2.24) is 16.1 Å². The topological polar surface area (TPSA) is 56.8 Å². The molecule has 2 amide bonds. The number of hydrogen-bond acceptors (Lipinski definition) is 4. The number of carbonyl (C=O) groups is 1. The Labute approximate surface area is 149 Å². The molecule has 1 fully saturated rings. The summed E-state index contributed by atoms with van der Waals surface area (Å²) in [6.07, 6.45) is 0. The summed E-state index contributed by atoms with van der Waals surface area (Å²) in [5, 5.41) is 2.85. The number of nitrogens with one attached hydrogen (secondary N) is 2. The molecule has 0 atom stereocenters. The summed E-state index contributed by atoms with van der Waals surface area (Å²) in [4.78, 5) is 12.2. The van der Waals surface area contributed by atoms with Crippen molar-refractivity contribution in [2.24, 2.45) is 0 Å². The highest BCUT2D eigenvalue weighted by Gasteiger charge is 2.28. The van der Waals surface area contributed by atoms with Crippen LogP contribution >= 0.6 is 15.9 Å². The highest BCUT2D eigenvalue weighted by molar-refractivity contribution is 9.10. The number of halogens is 1. The molecule has 1 aliphatic rings. The SMILES string of the molecule is Cc1cc(OCc2c(C)cccc2N2NNN(C)C2=O)ccc1Br. The summed E-state index contributed by atoms with van der Waals surface area (Å²) >= 11 is 3.49. The first-order valence-corrected chi connectivity index (χ1v) is 8.33. The highest BCUT2D eigenvalue weighted by Crippen LogP contribution is 2.27. The Morgan fingerprint density at radius 2 is 1.92 bits per heavy atom. The van der Waals surface area contributed by atoms with Crippen molar-refractivity contribution < 1.29 is 9.53 Å². The Hall–Kier alpha value is -2.09. The van der Waals surface area contributed by atoms with E-state index in [2.05, 4.69) is 27.0 Å². The fraction of sp³-hybridized carbons (Fsp3) is 0.235. The second-order valence-corrected chi connectivity index (χ2v) is 6.53. The number of rotatable bonds is 4. The van der Waals surface area contributed by atoms with Gasteiger partial charge in [-0.25, -0.2) is 14.8 Å². The van der Waals surface area contributed by atoms with Gasteiger partial charge in [0.25, 0.3) is 0 Å². The van der Waals surface area contributed by atoms with Crippen LogP contribution in [0.2, 0.25) is 0 Å². The lowest BCUT2D eigenvalue weighted by atomic mass is 10.1. The highest BCUT2D eigenvalue weighted by atomic mass is 79.9. The number of hydrogen-bond donors (Lipinski definition) is 2. The van der Waals surface area contributed by atoms with Crippen LogP contribution in [0.4, 0.5) is 10.5 Å². The minimum atomic E-state index is -0.179. The average molecular weight is 391 g/mol. The van der Waals surface area contributed by atoms with E-state index >= 15 is 0 Å². The Kier molecular flexibility index (Phi) is 4.75. The van der Waals surface area contributed by atoms with Crippen LogP contribution in [0.15, 0.2) is 40.9 Å². The van der Waals surface area contributed by atoms with E-state index in [1.165, 1.54) is 10.0 Å². The third kappa shape index (κ3) is 3.24. The molecule has 2 N–H and O–H groups in total. The number of amides is 2. The first-order valence-electron chi connectivity index (χ1n) is 7.54.